The molecule has 1 amide bonds. The average molecular weight is 257 g/mol. The van der Waals surface area contributed by atoms with Crippen molar-refractivity contribution in [2.75, 3.05) is 33.4 Å². The lowest BCUT2D eigenvalue weighted by atomic mass is 10.4. The Bertz CT molecular complexity index is 354. The molecule has 0 bridgehead atoms. The van der Waals surface area contributed by atoms with Crippen molar-refractivity contribution in [1.29, 1.82) is 0 Å². The van der Waals surface area contributed by atoms with Crippen LogP contribution in [0.25, 0.3) is 0 Å². The standard InChI is InChI=1S/C11H19N3O2S/c1-3-16-7-6-14(2)11(15)9-8-17-10(13-9)4-5-12/h8H,3-7,12H2,1-2H3. The van der Waals surface area contributed by atoms with Gasteiger partial charge in [0.2, 0.25) is 0 Å². The van der Waals surface area contributed by atoms with E-state index in [4.69, 9.17) is 10.5 Å². The Morgan fingerprint density at radius 3 is 3.06 bits per heavy atom. The van der Waals surface area contributed by atoms with Crippen LogP contribution in [-0.4, -0.2) is 49.1 Å². The molecule has 6 heteroatoms. The van der Waals surface area contributed by atoms with Crippen LogP contribution < -0.4 is 5.73 Å². The van der Waals surface area contributed by atoms with Gasteiger partial charge in [-0.15, -0.1) is 11.3 Å². The zero-order chi connectivity index (χ0) is 12.7. The van der Waals surface area contributed by atoms with Crippen molar-refractivity contribution in [3.63, 3.8) is 0 Å². The highest BCUT2D eigenvalue weighted by Gasteiger charge is 2.14. The Morgan fingerprint density at radius 2 is 2.41 bits per heavy atom. The number of nitrogens with zero attached hydrogens (tertiary/aromatic N) is 2. The van der Waals surface area contributed by atoms with Crippen LogP contribution in [0.15, 0.2) is 5.38 Å². The third kappa shape index (κ3) is 4.41. The molecule has 2 N–H and O–H groups in total. The molecule has 96 valence electrons. The molecule has 0 spiro atoms. The first-order valence-corrected chi connectivity index (χ1v) is 6.54. The molecule has 0 aliphatic heterocycles. The zero-order valence-electron chi connectivity index (χ0n) is 10.3. The summed E-state index contributed by atoms with van der Waals surface area (Å²) in [5.41, 5.74) is 5.94. The number of nitrogens with two attached hydrogens (primary N) is 1. The van der Waals surface area contributed by atoms with Crippen LogP contribution in [0, 0.1) is 0 Å². The minimum absolute atomic E-state index is 0.0655. The van der Waals surface area contributed by atoms with Crippen molar-refractivity contribution in [2.45, 2.75) is 13.3 Å². The molecule has 1 aromatic rings. The fraction of sp³-hybridized carbons (Fsp3) is 0.636. The van der Waals surface area contributed by atoms with E-state index in [1.807, 2.05) is 6.92 Å². The molecule has 0 fully saturated rings. The second-order valence-electron chi connectivity index (χ2n) is 3.59. The molecular formula is C11H19N3O2S. The number of hydrogen-bond acceptors (Lipinski definition) is 5. The number of carbonyl (C=O) groups excluding carboxylic acids is 1. The van der Waals surface area contributed by atoms with E-state index >= 15 is 0 Å². The van der Waals surface area contributed by atoms with Gasteiger partial charge in [0, 0.05) is 32.0 Å². The number of likely N-dealkylation sites (N-methyl/N-ethyl adjacent to an activating group) is 1. The highest BCUT2D eigenvalue weighted by atomic mass is 32.1. The molecule has 0 aromatic carbocycles. The van der Waals surface area contributed by atoms with E-state index in [9.17, 15) is 4.79 Å². The van der Waals surface area contributed by atoms with Gasteiger partial charge in [-0.3, -0.25) is 4.79 Å². The van der Waals surface area contributed by atoms with Crippen LogP contribution in [-0.2, 0) is 11.2 Å². The van der Waals surface area contributed by atoms with Gasteiger partial charge in [-0.05, 0) is 13.5 Å². The first-order valence-electron chi connectivity index (χ1n) is 5.66. The molecule has 0 aliphatic carbocycles. The third-order valence-electron chi connectivity index (χ3n) is 2.25. The van der Waals surface area contributed by atoms with Crippen molar-refractivity contribution in [1.82, 2.24) is 9.88 Å². The fourth-order valence-corrected chi connectivity index (χ4v) is 2.08. The average Bonchev–Trinajstić information content (AvgIpc) is 2.77. The molecule has 0 atom stereocenters. The third-order valence-corrected chi connectivity index (χ3v) is 3.16. The lowest BCUT2D eigenvalue weighted by Crippen LogP contribution is -2.30. The second kappa shape index (κ2) is 7.37. The maximum atomic E-state index is 11.9. The minimum atomic E-state index is -0.0655. The van der Waals surface area contributed by atoms with E-state index in [1.165, 1.54) is 11.3 Å². The Morgan fingerprint density at radius 1 is 1.65 bits per heavy atom. The van der Waals surface area contributed by atoms with Gasteiger partial charge in [0.05, 0.1) is 11.6 Å². The van der Waals surface area contributed by atoms with Crippen molar-refractivity contribution in [3.05, 3.63) is 16.1 Å². The summed E-state index contributed by atoms with van der Waals surface area (Å²) >= 11 is 1.48. The summed E-state index contributed by atoms with van der Waals surface area (Å²) in [7, 11) is 1.75. The van der Waals surface area contributed by atoms with Gasteiger partial charge in [-0.25, -0.2) is 4.98 Å². The molecule has 0 saturated carbocycles. The molecule has 0 aliphatic rings. The molecule has 0 saturated heterocycles. The van der Waals surface area contributed by atoms with Gasteiger partial charge < -0.3 is 15.4 Å². The van der Waals surface area contributed by atoms with Gasteiger partial charge in [-0.1, -0.05) is 0 Å². The SMILES string of the molecule is CCOCCN(C)C(=O)c1csc(CCN)n1. The number of thiazole rings is 1. The number of rotatable bonds is 7. The van der Waals surface area contributed by atoms with Crippen LogP contribution in [0.2, 0.25) is 0 Å². The van der Waals surface area contributed by atoms with E-state index in [-0.39, 0.29) is 5.91 Å². The summed E-state index contributed by atoms with van der Waals surface area (Å²) in [6.07, 6.45) is 0.723. The lowest BCUT2D eigenvalue weighted by Gasteiger charge is -2.15. The normalized spacial score (nSPS) is 10.5. The van der Waals surface area contributed by atoms with Gasteiger partial charge in [-0.2, -0.15) is 0 Å². The minimum Gasteiger partial charge on any atom is -0.380 e. The van der Waals surface area contributed by atoms with Gasteiger partial charge >= 0.3 is 0 Å². The van der Waals surface area contributed by atoms with E-state index in [0.717, 1.165) is 11.4 Å². The Balaban J connectivity index is 2.49. The molecule has 1 aromatic heterocycles. The van der Waals surface area contributed by atoms with Gasteiger partial charge in [0.25, 0.3) is 5.91 Å². The molecule has 1 rings (SSSR count). The molecule has 17 heavy (non-hydrogen) atoms. The van der Waals surface area contributed by atoms with Crippen LogP contribution in [0.5, 0.6) is 0 Å². The van der Waals surface area contributed by atoms with Crippen molar-refractivity contribution in [3.8, 4) is 0 Å². The summed E-state index contributed by atoms with van der Waals surface area (Å²) in [6, 6.07) is 0. The largest absolute Gasteiger partial charge is 0.380 e. The summed E-state index contributed by atoms with van der Waals surface area (Å²) in [6.45, 7) is 4.29. The number of carbonyl (C=O) groups is 1. The Labute approximate surface area is 106 Å². The number of amides is 1. The first-order chi connectivity index (χ1) is 8.19. The Kier molecular flexibility index (Phi) is 6.10. The molecular weight excluding hydrogens is 238 g/mol. The van der Waals surface area contributed by atoms with E-state index < -0.39 is 0 Å². The number of aromatic nitrogens is 1. The van der Waals surface area contributed by atoms with Crippen LogP contribution in [0.3, 0.4) is 0 Å². The van der Waals surface area contributed by atoms with E-state index in [2.05, 4.69) is 4.98 Å². The first kappa shape index (κ1) is 14.1. The topological polar surface area (TPSA) is 68.5 Å². The summed E-state index contributed by atoms with van der Waals surface area (Å²) in [4.78, 5) is 17.8. The van der Waals surface area contributed by atoms with E-state index in [0.29, 0.717) is 32.0 Å². The smallest absolute Gasteiger partial charge is 0.273 e. The summed E-state index contributed by atoms with van der Waals surface area (Å²) < 4.78 is 5.21. The predicted octanol–water partition coefficient (Wildman–Crippen LogP) is 0.753. The molecule has 0 radical (unpaired) electrons. The molecule has 0 unspecified atom stereocenters. The summed E-state index contributed by atoms with van der Waals surface area (Å²) in [5, 5.41) is 2.69. The van der Waals surface area contributed by atoms with Gasteiger partial charge in [0.1, 0.15) is 5.69 Å². The number of ether oxygens (including phenoxy) is 1. The summed E-state index contributed by atoms with van der Waals surface area (Å²) in [5.74, 6) is -0.0655. The zero-order valence-corrected chi connectivity index (χ0v) is 11.1. The second-order valence-corrected chi connectivity index (χ2v) is 4.53. The fourth-order valence-electron chi connectivity index (χ4n) is 1.29. The quantitative estimate of drug-likeness (QED) is 0.732. The van der Waals surface area contributed by atoms with Crippen molar-refractivity contribution >= 4 is 17.2 Å². The maximum Gasteiger partial charge on any atom is 0.273 e. The van der Waals surface area contributed by atoms with Crippen LogP contribution in [0.4, 0.5) is 0 Å². The Hall–Kier alpha value is -0.980. The van der Waals surface area contributed by atoms with E-state index in [1.54, 1.807) is 17.3 Å². The van der Waals surface area contributed by atoms with Crippen LogP contribution in [0.1, 0.15) is 22.4 Å². The van der Waals surface area contributed by atoms with Crippen LogP contribution >= 0.6 is 11.3 Å². The number of hydrogen-bond donors (Lipinski definition) is 1. The predicted molar refractivity (Wildman–Crippen MR) is 68.3 cm³/mol. The highest BCUT2D eigenvalue weighted by Crippen LogP contribution is 2.11. The monoisotopic (exact) mass is 257 g/mol. The maximum absolute atomic E-state index is 11.9. The highest BCUT2D eigenvalue weighted by molar-refractivity contribution is 7.09. The lowest BCUT2D eigenvalue weighted by molar-refractivity contribution is 0.0705. The molecule has 1 heterocycles. The van der Waals surface area contributed by atoms with Crippen molar-refractivity contribution in [2.24, 2.45) is 5.73 Å². The van der Waals surface area contributed by atoms with Gasteiger partial charge in [0.15, 0.2) is 0 Å². The molecule has 5 nitrogen and oxygen atoms in total. The van der Waals surface area contributed by atoms with Crippen molar-refractivity contribution < 1.29 is 9.53 Å².